The molecule has 0 unspecified atom stereocenters. The summed E-state index contributed by atoms with van der Waals surface area (Å²) >= 11 is 0. The molecule has 2 rings (SSSR count). The van der Waals surface area contributed by atoms with Gasteiger partial charge in [-0.25, -0.2) is 0 Å². The summed E-state index contributed by atoms with van der Waals surface area (Å²) in [6, 6.07) is 7.31. The number of nitrogens with zero attached hydrogens (tertiary/aromatic N) is 3. The average molecular weight is 247 g/mol. The van der Waals surface area contributed by atoms with Crippen LogP contribution < -0.4 is 4.74 Å². The number of rotatable bonds is 6. The van der Waals surface area contributed by atoms with Crippen molar-refractivity contribution in [3.8, 4) is 5.75 Å². The largest absolute Gasteiger partial charge is 0.493 e. The summed E-state index contributed by atoms with van der Waals surface area (Å²) in [7, 11) is 0. The van der Waals surface area contributed by atoms with Gasteiger partial charge in [0.2, 0.25) is 0 Å². The monoisotopic (exact) mass is 247 g/mol. The third-order valence-electron chi connectivity index (χ3n) is 3.08. The Balaban J connectivity index is 2.06. The molecule has 5 nitrogen and oxygen atoms in total. The lowest BCUT2D eigenvalue weighted by atomic mass is 9.96. The molecule has 1 saturated carbocycles. The molecule has 1 fully saturated rings. The second kappa shape index (κ2) is 5.29. The third-order valence-corrected chi connectivity index (χ3v) is 3.08. The minimum atomic E-state index is -1.16. The average Bonchev–Trinajstić information content (AvgIpc) is 3.18. The number of hydrogen-bond donors (Lipinski definition) is 1. The lowest BCUT2D eigenvalue weighted by Gasteiger charge is -2.22. The van der Waals surface area contributed by atoms with Gasteiger partial charge in [-0.2, -0.15) is 0 Å². The van der Waals surface area contributed by atoms with Crippen molar-refractivity contribution in [1.82, 2.24) is 0 Å². The zero-order valence-corrected chi connectivity index (χ0v) is 10.4. The molecule has 96 valence electrons. The summed E-state index contributed by atoms with van der Waals surface area (Å²) < 4.78 is 5.66. The zero-order chi connectivity index (χ0) is 13.0. The number of azide groups is 1. The molecular formula is C13H17N3O2. The van der Waals surface area contributed by atoms with Crippen molar-refractivity contribution in [2.45, 2.75) is 25.4 Å². The molecular weight excluding hydrogens is 230 g/mol. The molecule has 0 radical (unpaired) electrons. The van der Waals surface area contributed by atoms with Gasteiger partial charge in [-0.3, -0.25) is 0 Å². The predicted molar refractivity (Wildman–Crippen MR) is 68.2 cm³/mol. The summed E-state index contributed by atoms with van der Waals surface area (Å²) in [6.07, 6.45) is 2.49. The first kappa shape index (κ1) is 12.7. The van der Waals surface area contributed by atoms with Crippen LogP contribution >= 0.6 is 0 Å². The van der Waals surface area contributed by atoms with Gasteiger partial charge in [0.05, 0.1) is 18.8 Å². The second-order valence-electron chi connectivity index (χ2n) is 4.95. The molecule has 1 aromatic carbocycles. The maximum atomic E-state index is 10.2. The van der Waals surface area contributed by atoms with Crippen molar-refractivity contribution in [3.05, 3.63) is 40.3 Å². The van der Waals surface area contributed by atoms with Gasteiger partial charge < -0.3 is 9.84 Å². The standard InChI is InChI=1S/C13H17N3O2/c1-13(17,9-15-16-14)11-3-2-4-12(7-11)18-8-10-5-6-10/h2-4,7,10,17H,5-6,8-9H2,1H3/t13-/m1/s1. The highest BCUT2D eigenvalue weighted by Gasteiger charge is 2.24. The van der Waals surface area contributed by atoms with Crippen molar-refractivity contribution in [2.24, 2.45) is 11.0 Å². The van der Waals surface area contributed by atoms with E-state index < -0.39 is 5.60 Å². The van der Waals surface area contributed by atoms with Crippen molar-refractivity contribution >= 4 is 0 Å². The van der Waals surface area contributed by atoms with E-state index in [1.807, 2.05) is 12.1 Å². The van der Waals surface area contributed by atoms with Crippen molar-refractivity contribution in [2.75, 3.05) is 13.2 Å². The number of hydrogen-bond acceptors (Lipinski definition) is 3. The van der Waals surface area contributed by atoms with E-state index >= 15 is 0 Å². The van der Waals surface area contributed by atoms with Gasteiger partial charge in [0.25, 0.3) is 0 Å². The first-order valence-corrected chi connectivity index (χ1v) is 6.08. The van der Waals surface area contributed by atoms with E-state index in [4.69, 9.17) is 10.3 Å². The zero-order valence-electron chi connectivity index (χ0n) is 10.4. The van der Waals surface area contributed by atoms with Crippen LogP contribution in [0.15, 0.2) is 29.4 Å². The fourth-order valence-electron chi connectivity index (χ4n) is 1.68. The minimum Gasteiger partial charge on any atom is -0.493 e. The van der Waals surface area contributed by atoms with Crippen LogP contribution in [-0.4, -0.2) is 18.3 Å². The van der Waals surface area contributed by atoms with E-state index in [0.29, 0.717) is 11.5 Å². The number of benzene rings is 1. The Morgan fingerprint density at radius 2 is 2.33 bits per heavy atom. The smallest absolute Gasteiger partial charge is 0.119 e. The molecule has 0 heterocycles. The quantitative estimate of drug-likeness (QED) is 0.476. The first-order chi connectivity index (χ1) is 8.62. The lowest BCUT2D eigenvalue weighted by Crippen LogP contribution is -2.24. The van der Waals surface area contributed by atoms with Crippen LogP contribution in [0.25, 0.3) is 10.4 Å². The van der Waals surface area contributed by atoms with Gasteiger partial charge in [0.15, 0.2) is 0 Å². The van der Waals surface area contributed by atoms with Crippen LogP contribution in [0.1, 0.15) is 25.3 Å². The van der Waals surface area contributed by atoms with Gasteiger partial charge in [-0.05, 0) is 48.9 Å². The maximum absolute atomic E-state index is 10.2. The molecule has 0 saturated heterocycles. The molecule has 1 aliphatic rings. The fraction of sp³-hybridized carbons (Fsp3) is 0.538. The van der Waals surface area contributed by atoms with Gasteiger partial charge in [0.1, 0.15) is 5.75 Å². The fourth-order valence-corrected chi connectivity index (χ4v) is 1.68. The molecule has 0 aliphatic heterocycles. The summed E-state index contributed by atoms with van der Waals surface area (Å²) in [5.74, 6) is 1.44. The number of ether oxygens (including phenoxy) is 1. The van der Waals surface area contributed by atoms with E-state index in [9.17, 15) is 5.11 Å². The molecule has 0 aromatic heterocycles. The normalized spacial score (nSPS) is 17.7. The number of aliphatic hydroxyl groups is 1. The van der Waals surface area contributed by atoms with E-state index in [0.717, 1.165) is 12.4 Å². The van der Waals surface area contributed by atoms with Crippen LogP contribution in [0.4, 0.5) is 0 Å². The van der Waals surface area contributed by atoms with E-state index in [1.54, 1.807) is 19.1 Å². The van der Waals surface area contributed by atoms with Gasteiger partial charge in [-0.1, -0.05) is 17.2 Å². The van der Waals surface area contributed by atoms with Crippen molar-refractivity contribution in [1.29, 1.82) is 0 Å². The topological polar surface area (TPSA) is 78.2 Å². The molecule has 5 heteroatoms. The van der Waals surface area contributed by atoms with Gasteiger partial charge in [-0.15, -0.1) is 0 Å². The van der Waals surface area contributed by atoms with Gasteiger partial charge in [0, 0.05) is 4.91 Å². The Hall–Kier alpha value is -1.71. The van der Waals surface area contributed by atoms with E-state index in [1.165, 1.54) is 12.8 Å². The van der Waals surface area contributed by atoms with Crippen molar-refractivity contribution in [3.63, 3.8) is 0 Å². The molecule has 18 heavy (non-hydrogen) atoms. The Kier molecular flexibility index (Phi) is 3.75. The predicted octanol–water partition coefficient (Wildman–Crippen LogP) is 2.99. The van der Waals surface area contributed by atoms with Crippen LogP contribution in [0.3, 0.4) is 0 Å². The van der Waals surface area contributed by atoms with Gasteiger partial charge >= 0.3 is 0 Å². The molecule has 1 aliphatic carbocycles. The summed E-state index contributed by atoms with van der Waals surface area (Å²) in [5, 5.41) is 13.6. The summed E-state index contributed by atoms with van der Waals surface area (Å²) in [6.45, 7) is 2.37. The van der Waals surface area contributed by atoms with Crippen LogP contribution in [-0.2, 0) is 5.60 Å². The van der Waals surface area contributed by atoms with Crippen LogP contribution in [0.2, 0.25) is 0 Å². The summed E-state index contributed by atoms with van der Waals surface area (Å²) in [4.78, 5) is 2.67. The van der Waals surface area contributed by atoms with Crippen LogP contribution in [0.5, 0.6) is 5.75 Å². The Morgan fingerprint density at radius 3 is 3.00 bits per heavy atom. The maximum Gasteiger partial charge on any atom is 0.119 e. The Morgan fingerprint density at radius 1 is 1.56 bits per heavy atom. The Bertz CT molecular complexity index is 463. The molecule has 0 amide bonds. The third kappa shape index (κ3) is 3.39. The highest BCUT2D eigenvalue weighted by molar-refractivity contribution is 5.32. The minimum absolute atomic E-state index is 0.00950. The van der Waals surface area contributed by atoms with E-state index in [-0.39, 0.29) is 6.54 Å². The molecule has 0 spiro atoms. The molecule has 1 atom stereocenters. The molecule has 1 N–H and O–H groups in total. The van der Waals surface area contributed by atoms with E-state index in [2.05, 4.69) is 10.0 Å². The highest BCUT2D eigenvalue weighted by atomic mass is 16.5. The SMILES string of the molecule is C[C@@](O)(CN=[N+]=[N-])c1cccc(OCC2CC2)c1. The lowest BCUT2D eigenvalue weighted by molar-refractivity contribution is 0.0666. The highest BCUT2D eigenvalue weighted by Crippen LogP contribution is 2.30. The summed E-state index contributed by atoms with van der Waals surface area (Å²) in [5.41, 5.74) is 7.84. The molecule has 1 aromatic rings. The second-order valence-corrected chi connectivity index (χ2v) is 4.95. The molecule has 0 bridgehead atoms. The van der Waals surface area contributed by atoms with Crippen molar-refractivity contribution < 1.29 is 9.84 Å². The van der Waals surface area contributed by atoms with Crippen LogP contribution in [0, 0.1) is 5.92 Å². The Labute approximate surface area is 106 Å². The first-order valence-electron chi connectivity index (χ1n) is 6.08.